The molecule has 8 nitrogen and oxygen atoms in total. The standard InChI is InChI=1S/C21H28N4O4/c1-4-29-20(27)19-15(12-28-8-5-22)25-13-9-21(2,3)10-16(26)17(13)18(19)14-11-23-6-7-24-14/h6-7,11,17-18H,4-5,8-10,12,22H2,1-3H3. The molecule has 0 amide bonds. The lowest BCUT2D eigenvalue weighted by atomic mass is 9.64. The smallest absolute Gasteiger partial charge is 0.336 e. The number of rotatable bonds is 7. The lowest BCUT2D eigenvalue weighted by Gasteiger charge is -2.40. The van der Waals surface area contributed by atoms with Crippen molar-refractivity contribution in [2.75, 3.05) is 26.4 Å². The summed E-state index contributed by atoms with van der Waals surface area (Å²) in [6.07, 6.45) is 5.80. The fourth-order valence-corrected chi connectivity index (χ4v) is 4.10. The van der Waals surface area contributed by atoms with Gasteiger partial charge in [-0.3, -0.25) is 19.8 Å². The molecule has 0 bridgehead atoms. The van der Waals surface area contributed by atoms with Crippen LogP contribution >= 0.6 is 0 Å². The van der Waals surface area contributed by atoms with Crippen LogP contribution in [0.2, 0.25) is 0 Å². The second kappa shape index (κ2) is 8.92. The van der Waals surface area contributed by atoms with Gasteiger partial charge in [-0.15, -0.1) is 0 Å². The van der Waals surface area contributed by atoms with E-state index in [1.807, 2.05) is 0 Å². The summed E-state index contributed by atoms with van der Waals surface area (Å²) in [7, 11) is 0. The molecule has 1 aromatic rings. The van der Waals surface area contributed by atoms with Gasteiger partial charge < -0.3 is 15.2 Å². The van der Waals surface area contributed by atoms with Gasteiger partial charge in [0.25, 0.3) is 0 Å². The maximum atomic E-state index is 13.2. The highest BCUT2D eigenvalue weighted by Crippen LogP contribution is 2.46. The van der Waals surface area contributed by atoms with Gasteiger partial charge in [0.1, 0.15) is 5.78 Å². The minimum atomic E-state index is -0.588. The third-order valence-corrected chi connectivity index (χ3v) is 5.15. The Bertz CT molecular complexity index is 832. The summed E-state index contributed by atoms with van der Waals surface area (Å²) in [5, 5.41) is 0. The number of nitrogens with two attached hydrogens (primary N) is 1. The molecule has 29 heavy (non-hydrogen) atoms. The minimum Gasteiger partial charge on any atom is -0.463 e. The number of ketones is 1. The van der Waals surface area contributed by atoms with E-state index in [9.17, 15) is 9.59 Å². The molecule has 0 radical (unpaired) electrons. The van der Waals surface area contributed by atoms with Crippen molar-refractivity contribution in [1.82, 2.24) is 9.97 Å². The van der Waals surface area contributed by atoms with Gasteiger partial charge >= 0.3 is 5.97 Å². The molecule has 2 unspecified atom stereocenters. The van der Waals surface area contributed by atoms with E-state index < -0.39 is 17.8 Å². The van der Waals surface area contributed by atoms with E-state index in [1.54, 1.807) is 25.5 Å². The number of fused-ring (bicyclic) bond motifs is 1. The van der Waals surface area contributed by atoms with Crippen LogP contribution < -0.4 is 5.73 Å². The third kappa shape index (κ3) is 4.59. The Morgan fingerprint density at radius 2 is 2.07 bits per heavy atom. The van der Waals surface area contributed by atoms with Gasteiger partial charge in [0.05, 0.1) is 48.6 Å². The summed E-state index contributed by atoms with van der Waals surface area (Å²) in [5.41, 5.74) is 7.46. The van der Waals surface area contributed by atoms with Crippen molar-refractivity contribution in [2.24, 2.45) is 22.1 Å². The summed E-state index contributed by atoms with van der Waals surface area (Å²) < 4.78 is 10.9. The molecule has 1 aliphatic heterocycles. The summed E-state index contributed by atoms with van der Waals surface area (Å²) >= 11 is 0. The highest BCUT2D eigenvalue weighted by Gasteiger charge is 2.48. The van der Waals surface area contributed by atoms with Crippen molar-refractivity contribution in [3.8, 4) is 0 Å². The molecule has 3 rings (SSSR count). The van der Waals surface area contributed by atoms with Gasteiger partial charge in [0.2, 0.25) is 0 Å². The van der Waals surface area contributed by atoms with Gasteiger partial charge in [0, 0.05) is 37.3 Å². The normalized spacial score (nSPS) is 23.4. The van der Waals surface area contributed by atoms with Crippen LogP contribution in [-0.4, -0.2) is 53.8 Å². The Balaban J connectivity index is 2.15. The van der Waals surface area contributed by atoms with Gasteiger partial charge in [0.15, 0.2) is 0 Å². The van der Waals surface area contributed by atoms with E-state index in [1.165, 1.54) is 0 Å². The first-order chi connectivity index (χ1) is 13.9. The van der Waals surface area contributed by atoms with Crippen LogP contribution in [0.25, 0.3) is 0 Å². The Morgan fingerprint density at radius 3 is 2.72 bits per heavy atom. The molecule has 0 spiro atoms. The predicted octanol–water partition coefficient (Wildman–Crippen LogP) is 1.81. The zero-order chi connectivity index (χ0) is 21.0. The Labute approximate surface area is 170 Å². The van der Waals surface area contributed by atoms with Gasteiger partial charge in [-0.2, -0.15) is 0 Å². The average Bonchev–Trinajstić information content (AvgIpc) is 2.67. The molecule has 1 fully saturated rings. The first-order valence-electron chi connectivity index (χ1n) is 9.92. The number of hydrogen-bond donors (Lipinski definition) is 1. The number of carbonyl (C=O) groups excluding carboxylic acids is 2. The van der Waals surface area contributed by atoms with Crippen molar-refractivity contribution < 1.29 is 19.1 Å². The summed E-state index contributed by atoms with van der Waals surface area (Å²) in [6, 6.07) is 0. The van der Waals surface area contributed by atoms with Crippen LogP contribution in [0.3, 0.4) is 0 Å². The van der Waals surface area contributed by atoms with Crippen molar-refractivity contribution in [2.45, 2.75) is 39.5 Å². The number of carbonyl (C=O) groups is 2. The molecular formula is C21H28N4O4. The third-order valence-electron chi connectivity index (χ3n) is 5.15. The second-order valence-electron chi connectivity index (χ2n) is 8.09. The van der Waals surface area contributed by atoms with Crippen LogP contribution in [0.1, 0.15) is 45.2 Å². The van der Waals surface area contributed by atoms with Gasteiger partial charge in [-0.05, 0) is 18.8 Å². The lowest BCUT2D eigenvalue weighted by molar-refractivity contribution is -0.139. The van der Waals surface area contributed by atoms with Crippen molar-refractivity contribution in [1.29, 1.82) is 0 Å². The topological polar surface area (TPSA) is 117 Å². The van der Waals surface area contributed by atoms with Crippen molar-refractivity contribution in [3.63, 3.8) is 0 Å². The van der Waals surface area contributed by atoms with E-state index in [4.69, 9.17) is 20.2 Å². The number of nitrogens with zero attached hydrogens (tertiary/aromatic N) is 3. The summed E-state index contributed by atoms with van der Waals surface area (Å²) in [6.45, 7) is 6.88. The summed E-state index contributed by atoms with van der Waals surface area (Å²) in [4.78, 5) is 39.4. The summed E-state index contributed by atoms with van der Waals surface area (Å²) in [5.74, 6) is -1.58. The van der Waals surface area contributed by atoms with E-state index in [0.29, 0.717) is 43.0 Å². The molecule has 2 N–H and O–H groups in total. The molecule has 2 atom stereocenters. The molecule has 8 heteroatoms. The Hall–Kier alpha value is -2.45. The van der Waals surface area contributed by atoms with E-state index in [-0.39, 0.29) is 24.4 Å². The fraction of sp³-hybridized carbons (Fsp3) is 0.571. The highest BCUT2D eigenvalue weighted by atomic mass is 16.5. The molecule has 2 aliphatic rings. The Kier molecular flexibility index (Phi) is 6.54. The molecule has 156 valence electrons. The SMILES string of the molecule is CCOC(=O)C1=C(COCCN)N=C2CC(C)(C)CC(=O)C2C1c1cnccn1. The zero-order valence-corrected chi connectivity index (χ0v) is 17.2. The van der Waals surface area contributed by atoms with Crippen LogP contribution in [0.15, 0.2) is 34.9 Å². The van der Waals surface area contributed by atoms with Crippen molar-refractivity contribution >= 4 is 17.5 Å². The van der Waals surface area contributed by atoms with Gasteiger partial charge in [-0.25, -0.2) is 4.79 Å². The van der Waals surface area contributed by atoms with Crippen molar-refractivity contribution in [3.05, 3.63) is 35.6 Å². The van der Waals surface area contributed by atoms with E-state index in [0.717, 1.165) is 5.71 Å². The first kappa shape index (κ1) is 21.3. The zero-order valence-electron chi connectivity index (χ0n) is 17.2. The second-order valence-corrected chi connectivity index (χ2v) is 8.09. The van der Waals surface area contributed by atoms with E-state index >= 15 is 0 Å². The molecule has 1 aromatic heterocycles. The predicted molar refractivity (Wildman–Crippen MR) is 107 cm³/mol. The average molecular weight is 400 g/mol. The molecule has 1 aliphatic carbocycles. The lowest BCUT2D eigenvalue weighted by Crippen LogP contribution is -2.44. The quantitative estimate of drug-likeness (QED) is 0.548. The largest absolute Gasteiger partial charge is 0.463 e. The maximum absolute atomic E-state index is 13.2. The highest BCUT2D eigenvalue weighted by molar-refractivity contribution is 6.12. The first-order valence-corrected chi connectivity index (χ1v) is 9.92. The monoisotopic (exact) mass is 400 g/mol. The van der Waals surface area contributed by atoms with Crippen LogP contribution in [0.4, 0.5) is 0 Å². The molecule has 2 heterocycles. The van der Waals surface area contributed by atoms with Gasteiger partial charge in [-0.1, -0.05) is 13.8 Å². The number of aliphatic imine (C=N–C) groups is 1. The molecular weight excluding hydrogens is 372 g/mol. The molecule has 0 aromatic carbocycles. The van der Waals surface area contributed by atoms with Crippen LogP contribution in [0, 0.1) is 11.3 Å². The number of ether oxygens (including phenoxy) is 2. The number of Topliss-reactive ketones (excluding diaryl/α,β-unsaturated/α-hetero) is 1. The minimum absolute atomic E-state index is 0.0550. The van der Waals surface area contributed by atoms with E-state index in [2.05, 4.69) is 23.8 Å². The molecule has 0 saturated heterocycles. The van der Waals surface area contributed by atoms with Crippen LogP contribution in [0.5, 0.6) is 0 Å². The van der Waals surface area contributed by atoms with Crippen LogP contribution in [-0.2, 0) is 19.1 Å². The number of esters is 1. The number of aromatic nitrogens is 2. The Morgan fingerprint density at radius 1 is 1.28 bits per heavy atom. The number of hydrogen-bond acceptors (Lipinski definition) is 8. The maximum Gasteiger partial charge on any atom is 0.336 e. The molecule has 1 saturated carbocycles. The fourth-order valence-electron chi connectivity index (χ4n) is 4.10.